The van der Waals surface area contributed by atoms with Crippen LogP contribution in [0.2, 0.25) is 0 Å². The van der Waals surface area contributed by atoms with Crippen molar-refractivity contribution in [1.29, 1.82) is 0 Å². The number of carbonyl (C=O) groups excluding carboxylic acids is 1. The number of unbranched alkanes of at least 4 members (excludes halogenated alkanes) is 1. The number of rotatable bonds is 8. The summed E-state index contributed by atoms with van der Waals surface area (Å²) < 4.78 is 4.43. The van der Waals surface area contributed by atoms with E-state index in [0.29, 0.717) is 37.0 Å². The summed E-state index contributed by atoms with van der Waals surface area (Å²) in [5.74, 6) is -0.785. The molecule has 1 N–H and O–H groups in total. The minimum absolute atomic E-state index is 0.00245. The fourth-order valence-electron chi connectivity index (χ4n) is 4.60. The number of nitrogens with zero attached hydrogens (tertiary/aromatic N) is 3. The van der Waals surface area contributed by atoms with Crippen LogP contribution in [0.15, 0.2) is 70.8 Å². The maximum atomic E-state index is 13.3. The van der Waals surface area contributed by atoms with Crippen molar-refractivity contribution in [3.63, 3.8) is 0 Å². The van der Waals surface area contributed by atoms with Crippen LogP contribution in [0, 0.1) is 0 Å². The van der Waals surface area contributed by atoms with Gasteiger partial charge in [0.1, 0.15) is 0 Å². The van der Waals surface area contributed by atoms with Gasteiger partial charge in [0.2, 0.25) is 0 Å². The highest BCUT2D eigenvalue weighted by Crippen LogP contribution is 2.26. The zero-order valence-corrected chi connectivity index (χ0v) is 22.6. The lowest BCUT2D eigenvalue weighted by Crippen LogP contribution is -2.34. The fourth-order valence-corrected chi connectivity index (χ4v) is 6.15. The third-order valence-corrected chi connectivity index (χ3v) is 8.41. The summed E-state index contributed by atoms with van der Waals surface area (Å²) in [5.41, 5.74) is 7.35. The van der Waals surface area contributed by atoms with Gasteiger partial charge in [0.05, 0.1) is 22.4 Å². The van der Waals surface area contributed by atoms with E-state index in [1.807, 2.05) is 41.3 Å². The number of aliphatic carboxylic acids is 1. The number of amides is 1. The van der Waals surface area contributed by atoms with Gasteiger partial charge >= 0.3 is 5.97 Å². The van der Waals surface area contributed by atoms with Crippen LogP contribution >= 0.6 is 20.7 Å². The van der Waals surface area contributed by atoms with Crippen molar-refractivity contribution in [1.82, 2.24) is 14.9 Å². The number of carboxylic acids is 1. The summed E-state index contributed by atoms with van der Waals surface area (Å²) in [5, 5.41) is 8.99. The molecule has 3 aromatic rings. The molecule has 3 heterocycles. The summed E-state index contributed by atoms with van der Waals surface area (Å²) in [6.45, 7) is 1.26. The van der Waals surface area contributed by atoms with E-state index in [2.05, 4.69) is 38.5 Å². The largest absolute Gasteiger partial charge is 0.481 e. The van der Waals surface area contributed by atoms with Gasteiger partial charge in [0.25, 0.3) is 5.91 Å². The molecular formula is C30H28IN3O3. The number of benzene rings is 2. The van der Waals surface area contributed by atoms with Crippen molar-refractivity contribution in [2.45, 2.75) is 32.1 Å². The summed E-state index contributed by atoms with van der Waals surface area (Å²) in [6.07, 6.45) is 9.22. The Morgan fingerprint density at radius 3 is 2.62 bits per heavy atom. The van der Waals surface area contributed by atoms with Gasteiger partial charge in [-0.3, -0.25) is 9.59 Å². The van der Waals surface area contributed by atoms with Gasteiger partial charge in [-0.15, -0.1) is 0 Å². The minimum Gasteiger partial charge on any atom is -0.481 e. The average molecular weight is 605 g/mol. The van der Waals surface area contributed by atoms with Crippen molar-refractivity contribution in [3.05, 3.63) is 93.4 Å². The van der Waals surface area contributed by atoms with Gasteiger partial charge in [0.15, 0.2) is 0 Å². The number of carbonyl (C=O) groups is 2. The van der Waals surface area contributed by atoms with Gasteiger partial charge in [-0.25, -0.2) is 9.97 Å². The summed E-state index contributed by atoms with van der Waals surface area (Å²) in [4.78, 5) is 36.0. The van der Waals surface area contributed by atoms with Crippen molar-refractivity contribution in [3.8, 4) is 0 Å². The molecule has 1 amide bonds. The van der Waals surface area contributed by atoms with E-state index in [1.54, 1.807) is 0 Å². The number of halogens is 1. The van der Waals surface area contributed by atoms with Crippen LogP contribution in [0.5, 0.6) is 0 Å². The Balaban J connectivity index is 1.39. The molecule has 0 saturated carbocycles. The first-order chi connectivity index (χ1) is 18.1. The normalized spacial score (nSPS) is 15.2. The number of allylic oxidation sites excluding steroid dienone is 3. The van der Waals surface area contributed by atoms with E-state index < -0.39 is 5.97 Å². The Bertz CT molecular complexity index is 1460. The minimum atomic E-state index is -0.783. The summed E-state index contributed by atoms with van der Waals surface area (Å²) in [6, 6.07) is 15.9. The molecule has 0 saturated heterocycles. The lowest BCUT2D eigenvalue weighted by atomic mass is 9.99. The smallest absolute Gasteiger partial charge is 0.303 e. The molecule has 0 atom stereocenters. The highest BCUT2D eigenvalue weighted by Gasteiger charge is 2.21. The lowest BCUT2D eigenvalue weighted by Gasteiger charge is -2.27. The van der Waals surface area contributed by atoms with Crippen LogP contribution in [-0.2, 0) is 11.2 Å². The fraction of sp³-hybridized carbons (Fsp3) is 0.233. The second-order valence-corrected chi connectivity index (χ2v) is 11.2. The zero-order valence-electron chi connectivity index (χ0n) is 20.4. The molecule has 5 rings (SSSR count). The second kappa shape index (κ2) is 11.7. The van der Waals surface area contributed by atoms with E-state index >= 15 is 0 Å². The molecule has 6 nitrogen and oxygen atoms in total. The summed E-state index contributed by atoms with van der Waals surface area (Å²) >= 11 is -0.149. The zero-order chi connectivity index (χ0) is 25.6. The van der Waals surface area contributed by atoms with E-state index in [1.165, 1.54) is 11.1 Å². The van der Waals surface area contributed by atoms with Crippen molar-refractivity contribution in [2.24, 2.45) is 0 Å². The molecule has 0 spiro atoms. The number of fused-ring (bicyclic) bond motifs is 1. The quantitative estimate of drug-likeness (QED) is 0.250. The van der Waals surface area contributed by atoms with E-state index in [-0.39, 0.29) is 33.1 Å². The van der Waals surface area contributed by atoms with Gasteiger partial charge in [0, 0.05) is 30.6 Å². The van der Waals surface area contributed by atoms with Crippen molar-refractivity contribution < 1.29 is 14.7 Å². The van der Waals surface area contributed by atoms with Crippen LogP contribution in [-0.4, -0.2) is 49.0 Å². The van der Waals surface area contributed by atoms with Gasteiger partial charge < -0.3 is 10.0 Å². The second-order valence-electron chi connectivity index (χ2n) is 9.10. The Labute approximate surface area is 226 Å². The van der Waals surface area contributed by atoms with E-state index in [4.69, 9.17) is 15.1 Å². The van der Waals surface area contributed by atoms with Crippen molar-refractivity contribution >= 4 is 58.8 Å². The van der Waals surface area contributed by atoms with Crippen LogP contribution in [0.1, 0.15) is 53.0 Å². The standard InChI is InChI=1S/C30H28IN3O3/c35-28(36)11-5-4-10-26-29(24-9-6-16-31-20-24)33-25-13-12-23(19-27(25)32-26)30(37)34-17-14-22(15-18-34)21-7-2-1-3-8-21/h1-3,6-9,12-14,16,19-20H,4-5,10-11,15,17-18H2,(H,35,36). The average Bonchev–Trinajstić information content (AvgIpc) is 2.95. The molecule has 7 heteroatoms. The van der Waals surface area contributed by atoms with E-state index in [9.17, 15) is 9.59 Å². The molecule has 0 radical (unpaired) electrons. The van der Waals surface area contributed by atoms with E-state index in [0.717, 1.165) is 35.3 Å². The Hall–Kier alpha value is -3.46. The molecule has 0 unspecified atom stereocenters. The number of aryl methyl sites for hydroxylation is 1. The highest BCUT2D eigenvalue weighted by molar-refractivity contribution is 14.2. The Morgan fingerprint density at radius 2 is 1.89 bits per heavy atom. The highest BCUT2D eigenvalue weighted by atomic mass is 127. The Kier molecular flexibility index (Phi) is 7.99. The first kappa shape index (κ1) is 25.2. The SMILES string of the molecule is O=C(O)CCCCc1nc2cc(C(=O)N3CC=C(c4ccccc4)CC3)ccc2nc1C1=CC=CI=C1. The predicted molar refractivity (Wildman–Crippen MR) is 157 cm³/mol. The van der Waals surface area contributed by atoms with Crippen LogP contribution in [0.25, 0.3) is 22.2 Å². The molecule has 188 valence electrons. The predicted octanol–water partition coefficient (Wildman–Crippen LogP) is 6.04. The van der Waals surface area contributed by atoms with Gasteiger partial charge in [-0.05, 0) is 63.1 Å². The topological polar surface area (TPSA) is 83.4 Å². The maximum absolute atomic E-state index is 13.3. The number of hydrogen-bond donors (Lipinski definition) is 1. The van der Waals surface area contributed by atoms with Crippen LogP contribution in [0.4, 0.5) is 0 Å². The van der Waals surface area contributed by atoms with Crippen LogP contribution < -0.4 is 0 Å². The number of aromatic nitrogens is 2. The Morgan fingerprint density at radius 1 is 1.03 bits per heavy atom. The third kappa shape index (κ3) is 6.10. The molecule has 2 aliphatic heterocycles. The monoisotopic (exact) mass is 605 g/mol. The molecule has 2 aromatic carbocycles. The first-order valence-electron chi connectivity index (χ1n) is 12.5. The molecule has 0 aliphatic carbocycles. The maximum Gasteiger partial charge on any atom is 0.303 e. The molecule has 2 aliphatic rings. The molecule has 1 aromatic heterocycles. The molecule has 0 fully saturated rings. The lowest BCUT2D eigenvalue weighted by molar-refractivity contribution is -0.137. The summed E-state index contributed by atoms with van der Waals surface area (Å²) in [7, 11) is 0. The van der Waals surface area contributed by atoms with Gasteiger partial charge in [-0.1, -0.05) is 69.3 Å². The van der Waals surface area contributed by atoms with Gasteiger partial charge in [-0.2, -0.15) is 0 Å². The first-order valence-corrected chi connectivity index (χ1v) is 15.0. The molecule has 0 bridgehead atoms. The third-order valence-electron chi connectivity index (χ3n) is 6.55. The molecule has 37 heavy (non-hydrogen) atoms. The van der Waals surface area contributed by atoms with Crippen molar-refractivity contribution in [2.75, 3.05) is 13.1 Å². The van der Waals surface area contributed by atoms with Crippen LogP contribution in [0.3, 0.4) is 0 Å². The number of carboxylic acid groups (broad SMARTS) is 1. The number of hydrogen-bond acceptors (Lipinski definition) is 4. The molecular weight excluding hydrogens is 577 g/mol.